The lowest BCUT2D eigenvalue weighted by Crippen LogP contribution is -2.27. The number of rotatable bonds is 6. The summed E-state index contributed by atoms with van der Waals surface area (Å²) in [4.78, 5) is 33.0. The van der Waals surface area contributed by atoms with Gasteiger partial charge in [-0.25, -0.2) is 9.37 Å². The zero-order valence-electron chi connectivity index (χ0n) is 18.5. The average Bonchev–Trinajstić information content (AvgIpc) is 3.04. The van der Waals surface area contributed by atoms with Crippen molar-refractivity contribution >= 4 is 51.7 Å². The van der Waals surface area contributed by atoms with Crippen molar-refractivity contribution in [3.05, 3.63) is 80.4 Å². The van der Waals surface area contributed by atoms with Gasteiger partial charge >= 0.3 is 0 Å². The van der Waals surface area contributed by atoms with Crippen molar-refractivity contribution < 1.29 is 9.18 Å². The largest absolute Gasteiger partial charge is 0.369 e. The van der Waals surface area contributed by atoms with Gasteiger partial charge in [-0.05, 0) is 48.2 Å². The van der Waals surface area contributed by atoms with Crippen LogP contribution in [-0.4, -0.2) is 31.1 Å². The number of hydrogen-bond donors (Lipinski definition) is 1. The number of halogens is 1. The summed E-state index contributed by atoms with van der Waals surface area (Å²) in [5.74, 6) is 0.138. The number of carbonyl (C=O) groups is 1. The van der Waals surface area contributed by atoms with Gasteiger partial charge in [0.05, 0.1) is 17.0 Å². The van der Waals surface area contributed by atoms with Gasteiger partial charge in [0.2, 0.25) is 0 Å². The number of benzene rings is 1. The van der Waals surface area contributed by atoms with Crippen molar-refractivity contribution in [2.24, 2.45) is 5.92 Å². The molecule has 0 spiro atoms. The molecule has 0 atom stereocenters. The van der Waals surface area contributed by atoms with E-state index in [-0.39, 0.29) is 23.8 Å². The van der Waals surface area contributed by atoms with Gasteiger partial charge in [-0.1, -0.05) is 56.0 Å². The normalized spacial score (nSPS) is 15.3. The number of nitrogens with one attached hydrogen (secondary N) is 1. The first-order valence-electron chi connectivity index (χ1n) is 10.5. The fourth-order valence-electron chi connectivity index (χ4n) is 3.42. The summed E-state index contributed by atoms with van der Waals surface area (Å²) >= 11 is 6.56. The zero-order chi connectivity index (χ0) is 23.7. The monoisotopic (exact) mass is 482 g/mol. The van der Waals surface area contributed by atoms with Gasteiger partial charge in [-0.15, -0.1) is 0 Å². The number of fused-ring (bicyclic) bond motifs is 1. The van der Waals surface area contributed by atoms with Crippen LogP contribution in [0.4, 0.5) is 10.2 Å². The average molecular weight is 483 g/mol. The molecule has 1 fully saturated rings. The van der Waals surface area contributed by atoms with Crippen LogP contribution in [0.25, 0.3) is 11.7 Å². The summed E-state index contributed by atoms with van der Waals surface area (Å²) in [5.41, 5.74) is 2.24. The first-order chi connectivity index (χ1) is 15.7. The van der Waals surface area contributed by atoms with Crippen LogP contribution in [0.3, 0.4) is 0 Å². The van der Waals surface area contributed by atoms with Gasteiger partial charge in [-0.2, -0.15) is 0 Å². The molecule has 1 saturated heterocycles. The molecule has 0 unspecified atom stereocenters. The number of aromatic nitrogens is 2. The molecule has 4 rings (SSSR count). The summed E-state index contributed by atoms with van der Waals surface area (Å²) in [6, 6.07) is 9.62. The van der Waals surface area contributed by atoms with Gasteiger partial charge in [0.15, 0.2) is 0 Å². The second-order valence-corrected chi connectivity index (χ2v) is 9.91. The summed E-state index contributed by atoms with van der Waals surface area (Å²) in [6.07, 6.45) is 3.23. The highest BCUT2D eigenvalue weighted by atomic mass is 32.2. The molecule has 1 N–H and O–H groups in total. The molecular weight excluding hydrogens is 459 g/mol. The van der Waals surface area contributed by atoms with Gasteiger partial charge < -0.3 is 5.32 Å². The number of amides is 1. The second-order valence-electron chi connectivity index (χ2n) is 8.23. The van der Waals surface area contributed by atoms with Gasteiger partial charge in [0.1, 0.15) is 21.6 Å². The third-order valence-corrected chi connectivity index (χ3v) is 6.54. The molecule has 33 heavy (non-hydrogen) atoms. The lowest BCUT2D eigenvalue weighted by Gasteiger charge is -2.14. The molecular formula is C24H23FN4O2S2. The summed E-state index contributed by atoms with van der Waals surface area (Å²) < 4.78 is 15.1. The minimum absolute atomic E-state index is 0.231. The Kier molecular flexibility index (Phi) is 6.62. The molecule has 1 aliphatic heterocycles. The standard InChI is InChI=1S/C24H23FN4O2S2/c1-14(2)12-26-20-18(22(30)28-10-4-5-15(3)21(28)27-20)11-19-23(31)29(24(32)33-19)13-16-6-8-17(25)9-7-16/h4-11,14,26H,12-13H2,1-3H3. The van der Waals surface area contributed by atoms with Crippen LogP contribution < -0.4 is 10.9 Å². The Bertz CT molecular complexity index is 1330. The summed E-state index contributed by atoms with van der Waals surface area (Å²) in [5, 5.41) is 3.26. The number of anilines is 1. The fourth-order valence-corrected chi connectivity index (χ4v) is 4.65. The van der Waals surface area contributed by atoms with Crippen molar-refractivity contribution in [1.82, 2.24) is 14.3 Å². The quantitative estimate of drug-likeness (QED) is 0.409. The molecule has 6 nitrogen and oxygen atoms in total. The van der Waals surface area contributed by atoms with Gasteiger partial charge in [0, 0.05) is 12.7 Å². The van der Waals surface area contributed by atoms with Crippen LogP contribution in [0.1, 0.15) is 30.5 Å². The molecule has 170 valence electrons. The maximum absolute atomic E-state index is 13.4. The maximum Gasteiger partial charge on any atom is 0.267 e. The zero-order valence-corrected chi connectivity index (χ0v) is 20.1. The molecule has 2 aromatic heterocycles. The smallest absolute Gasteiger partial charge is 0.267 e. The third kappa shape index (κ3) is 4.84. The van der Waals surface area contributed by atoms with E-state index in [1.54, 1.807) is 30.5 Å². The van der Waals surface area contributed by atoms with E-state index < -0.39 is 0 Å². The highest BCUT2D eigenvalue weighted by Gasteiger charge is 2.32. The number of aryl methyl sites for hydroxylation is 1. The lowest BCUT2D eigenvalue weighted by molar-refractivity contribution is -0.122. The van der Waals surface area contributed by atoms with E-state index >= 15 is 0 Å². The fraction of sp³-hybridized carbons (Fsp3) is 0.250. The Morgan fingerprint density at radius 3 is 2.64 bits per heavy atom. The van der Waals surface area contributed by atoms with Crippen LogP contribution in [0, 0.1) is 18.7 Å². The number of thiocarbonyl (C=S) groups is 1. The molecule has 1 aliphatic rings. The van der Waals surface area contributed by atoms with E-state index in [2.05, 4.69) is 19.2 Å². The number of hydrogen-bond acceptors (Lipinski definition) is 6. The second kappa shape index (κ2) is 9.44. The van der Waals surface area contributed by atoms with Gasteiger partial charge in [0.25, 0.3) is 11.5 Å². The first-order valence-corrected chi connectivity index (χ1v) is 11.7. The molecule has 1 amide bonds. The molecule has 1 aromatic carbocycles. The van der Waals surface area contributed by atoms with Crippen LogP contribution >= 0.6 is 24.0 Å². The van der Waals surface area contributed by atoms with E-state index in [9.17, 15) is 14.0 Å². The minimum atomic E-state index is -0.343. The molecule has 0 aliphatic carbocycles. The van der Waals surface area contributed by atoms with E-state index in [1.165, 1.54) is 21.4 Å². The SMILES string of the molecule is Cc1cccn2c(=O)c(C=C3SC(=S)N(Cc4ccc(F)cc4)C3=O)c(NCC(C)C)nc12. The van der Waals surface area contributed by atoms with Crippen LogP contribution in [0.15, 0.2) is 52.3 Å². The summed E-state index contributed by atoms with van der Waals surface area (Å²) in [6.45, 7) is 6.88. The molecule has 3 heterocycles. The highest BCUT2D eigenvalue weighted by Crippen LogP contribution is 2.34. The Morgan fingerprint density at radius 2 is 1.94 bits per heavy atom. The highest BCUT2D eigenvalue weighted by molar-refractivity contribution is 8.26. The molecule has 9 heteroatoms. The summed E-state index contributed by atoms with van der Waals surface area (Å²) in [7, 11) is 0. The molecule has 0 radical (unpaired) electrons. The van der Waals surface area contributed by atoms with E-state index in [0.717, 1.165) is 22.9 Å². The Morgan fingerprint density at radius 1 is 1.21 bits per heavy atom. The Labute approximate surface area is 200 Å². The third-order valence-electron chi connectivity index (χ3n) is 5.17. The van der Waals surface area contributed by atoms with Crippen molar-refractivity contribution in [2.45, 2.75) is 27.3 Å². The number of pyridine rings is 1. The Balaban J connectivity index is 1.74. The minimum Gasteiger partial charge on any atom is -0.369 e. The van der Waals surface area contributed by atoms with Crippen molar-refractivity contribution in [3.8, 4) is 0 Å². The van der Waals surface area contributed by atoms with Crippen molar-refractivity contribution in [1.29, 1.82) is 0 Å². The topological polar surface area (TPSA) is 66.7 Å². The van der Waals surface area contributed by atoms with E-state index in [0.29, 0.717) is 38.7 Å². The van der Waals surface area contributed by atoms with Gasteiger partial charge in [-0.3, -0.25) is 18.9 Å². The predicted molar refractivity (Wildman–Crippen MR) is 135 cm³/mol. The predicted octanol–water partition coefficient (Wildman–Crippen LogP) is 4.61. The van der Waals surface area contributed by atoms with E-state index in [4.69, 9.17) is 17.2 Å². The first kappa shape index (κ1) is 23.1. The number of thioether (sulfide) groups is 1. The van der Waals surface area contributed by atoms with Crippen LogP contribution in [0.2, 0.25) is 0 Å². The lowest BCUT2D eigenvalue weighted by atomic mass is 10.2. The molecule has 0 bridgehead atoms. The van der Waals surface area contributed by atoms with E-state index in [1.807, 2.05) is 13.0 Å². The number of nitrogens with zero attached hydrogens (tertiary/aromatic N) is 3. The van der Waals surface area contributed by atoms with Crippen LogP contribution in [-0.2, 0) is 11.3 Å². The Hall–Kier alpha value is -3.04. The van der Waals surface area contributed by atoms with Crippen molar-refractivity contribution in [2.75, 3.05) is 11.9 Å². The number of carbonyl (C=O) groups excluding carboxylic acids is 1. The molecule has 0 saturated carbocycles. The molecule has 3 aromatic rings. The van der Waals surface area contributed by atoms with Crippen LogP contribution in [0.5, 0.6) is 0 Å². The maximum atomic E-state index is 13.4. The van der Waals surface area contributed by atoms with Crippen molar-refractivity contribution in [3.63, 3.8) is 0 Å².